The van der Waals surface area contributed by atoms with Crippen molar-refractivity contribution in [2.75, 3.05) is 0 Å². The van der Waals surface area contributed by atoms with Gasteiger partial charge in [-0.05, 0) is 12.1 Å². The lowest BCUT2D eigenvalue weighted by molar-refractivity contribution is 0.603. The second-order valence-electron chi connectivity index (χ2n) is 2.88. The summed E-state index contributed by atoms with van der Waals surface area (Å²) >= 11 is 12.1. The zero-order valence-corrected chi connectivity index (χ0v) is 10.0. The predicted molar refractivity (Wildman–Crippen MR) is 59.8 cm³/mol. The van der Waals surface area contributed by atoms with Crippen molar-refractivity contribution in [2.24, 2.45) is 0 Å². The van der Waals surface area contributed by atoms with Gasteiger partial charge in [0.05, 0.1) is 16.5 Å². The molecule has 84 valence electrons. The van der Waals surface area contributed by atoms with E-state index in [1.54, 1.807) is 0 Å². The molecule has 1 aromatic carbocycles. The van der Waals surface area contributed by atoms with Crippen molar-refractivity contribution in [3.05, 3.63) is 33.8 Å². The average molecular weight is 281 g/mol. The van der Waals surface area contributed by atoms with Gasteiger partial charge in [0, 0.05) is 0 Å². The van der Waals surface area contributed by atoms with Crippen LogP contribution in [0, 0.1) is 11.6 Å². The highest BCUT2D eigenvalue weighted by molar-refractivity contribution is 7.14. The fraction of sp³-hybridized carbons (Fsp3) is 0.111. The highest BCUT2D eigenvalue weighted by Gasteiger charge is 2.14. The lowest BCUT2D eigenvalue weighted by Gasteiger charge is -2.00. The molecule has 7 heteroatoms. The summed E-state index contributed by atoms with van der Waals surface area (Å²) in [5.74, 6) is -1.14. The molecule has 0 fully saturated rings. The summed E-state index contributed by atoms with van der Waals surface area (Å²) in [5.41, 5.74) is 0.0377. The molecule has 1 aromatic heterocycles. The minimum atomic E-state index is -0.694. The van der Waals surface area contributed by atoms with Gasteiger partial charge in [-0.25, -0.2) is 8.78 Å². The molecule has 0 saturated heterocycles. The summed E-state index contributed by atoms with van der Waals surface area (Å²) in [7, 11) is 0. The van der Waals surface area contributed by atoms with E-state index in [1.807, 2.05) is 0 Å². The normalized spacial score (nSPS) is 10.8. The average Bonchev–Trinajstić information content (AvgIpc) is 2.71. The summed E-state index contributed by atoms with van der Waals surface area (Å²) in [6.07, 6.45) is 0. The zero-order chi connectivity index (χ0) is 11.7. The summed E-state index contributed by atoms with van der Waals surface area (Å²) in [4.78, 5) is 0. The molecular weight excluding hydrogens is 277 g/mol. The van der Waals surface area contributed by atoms with E-state index >= 15 is 0 Å². The molecule has 0 aliphatic carbocycles. The van der Waals surface area contributed by atoms with E-state index in [-0.39, 0.29) is 21.5 Å². The molecule has 2 rings (SSSR count). The van der Waals surface area contributed by atoms with E-state index in [2.05, 4.69) is 10.2 Å². The molecule has 0 saturated carbocycles. The largest absolute Gasteiger partial charge is 0.206 e. The molecule has 0 aliphatic heterocycles. The van der Waals surface area contributed by atoms with Gasteiger partial charge < -0.3 is 0 Å². The van der Waals surface area contributed by atoms with Crippen molar-refractivity contribution in [3.63, 3.8) is 0 Å². The van der Waals surface area contributed by atoms with E-state index in [9.17, 15) is 8.78 Å². The topological polar surface area (TPSA) is 25.8 Å². The van der Waals surface area contributed by atoms with Gasteiger partial charge >= 0.3 is 0 Å². The molecule has 0 N–H and O–H groups in total. The molecule has 0 atom stereocenters. The van der Waals surface area contributed by atoms with Gasteiger partial charge in [0.25, 0.3) is 0 Å². The summed E-state index contributed by atoms with van der Waals surface area (Å²) in [6, 6.07) is 1.91. The van der Waals surface area contributed by atoms with Gasteiger partial charge in [-0.3, -0.25) is 0 Å². The number of nitrogens with zero attached hydrogens (tertiary/aromatic N) is 2. The molecule has 0 aliphatic rings. The number of benzene rings is 1. The van der Waals surface area contributed by atoms with Crippen molar-refractivity contribution >= 4 is 34.5 Å². The first kappa shape index (κ1) is 11.7. The highest BCUT2D eigenvalue weighted by Crippen LogP contribution is 2.30. The van der Waals surface area contributed by atoms with E-state index in [0.29, 0.717) is 5.01 Å². The Bertz CT molecular complexity index is 530. The standard InChI is InChI=1S/C9H4Cl2F2N2S/c10-3-8-14-15-9(16-8)4-1-7(13)5(11)2-6(4)12/h1-2H,3H2. The smallest absolute Gasteiger partial charge is 0.150 e. The van der Waals surface area contributed by atoms with Crippen LogP contribution < -0.4 is 0 Å². The number of hydrogen-bond acceptors (Lipinski definition) is 3. The van der Waals surface area contributed by atoms with Crippen LogP contribution in [0.2, 0.25) is 5.02 Å². The minimum Gasteiger partial charge on any atom is -0.206 e. The fourth-order valence-electron chi connectivity index (χ4n) is 1.10. The van der Waals surface area contributed by atoms with Crippen LogP contribution in [0.5, 0.6) is 0 Å². The monoisotopic (exact) mass is 280 g/mol. The molecule has 0 radical (unpaired) electrons. The molecule has 1 heterocycles. The maximum absolute atomic E-state index is 13.5. The first-order valence-electron chi connectivity index (χ1n) is 4.15. The molecule has 2 aromatic rings. The third-order valence-corrected chi connectivity index (χ3v) is 3.48. The Balaban J connectivity index is 2.51. The maximum Gasteiger partial charge on any atom is 0.150 e. The van der Waals surface area contributed by atoms with Crippen LogP contribution in [0.4, 0.5) is 8.78 Å². The van der Waals surface area contributed by atoms with Gasteiger partial charge in [0.2, 0.25) is 0 Å². The molecule has 0 amide bonds. The molecule has 0 unspecified atom stereocenters. The zero-order valence-electron chi connectivity index (χ0n) is 7.68. The van der Waals surface area contributed by atoms with Crippen molar-refractivity contribution in [2.45, 2.75) is 5.88 Å². The van der Waals surface area contributed by atoms with Crippen LogP contribution in [0.25, 0.3) is 10.6 Å². The second kappa shape index (κ2) is 4.61. The Morgan fingerprint density at radius 2 is 1.94 bits per heavy atom. The van der Waals surface area contributed by atoms with Crippen molar-refractivity contribution in [1.29, 1.82) is 0 Å². The van der Waals surface area contributed by atoms with Gasteiger partial charge in [-0.2, -0.15) is 0 Å². The molecule has 16 heavy (non-hydrogen) atoms. The van der Waals surface area contributed by atoms with Gasteiger partial charge in [0.1, 0.15) is 16.6 Å². The van der Waals surface area contributed by atoms with E-state index in [1.165, 1.54) is 0 Å². The van der Waals surface area contributed by atoms with Crippen LogP contribution in [0.3, 0.4) is 0 Å². The number of aromatic nitrogens is 2. The van der Waals surface area contributed by atoms with Crippen LogP contribution in [-0.2, 0) is 5.88 Å². The number of hydrogen-bond donors (Lipinski definition) is 0. The Hall–Kier alpha value is -0.780. The van der Waals surface area contributed by atoms with Crippen LogP contribution in [0.1, 0.15) is 5.01 Å². The second-order valence-corrected chi connectivity index (χ2v) is 4.62. The Morgan fingerprint density at radius 3 is 2.56 bits per heavy atom. The quantitative estimate of drug-likeness (QED) is 0.616. The van der Waals surface area contributed by atoms with Crippen molar-refractivity contribution < 1.29 is 8.78 Å². The van der Waals surface area contributed by atoms with Crippen molar-refractivity contribution in [3.8, 4) is 10.6 Å². The van der Waals surface area contributed by atoms with Gasteiger partial charge in [-0.1, -0.05) is 22.9 Å². The van der Waals surface area contributed by atoms with E-state index < -0.39 is 11.6 Å². The number of alkyl halides is 1. The van der Waals surface area contributed by atoms with E-state index in [0.717, 1.165) is 23.5 Å². The summed E-state index contributed by atoms with van der Waals surface area (Å²) in [5, 5.41) is 8.01. The van der Waals surface area contributed by atoms with Gasteiger partial charge in [0.15, 0.2) is 5.01 Å². The first-order chi connectivity index (χ1) is 7.61. The molecular formula is C9H4Cl2F2N2S. The third-order valence-electron chi connectivity index (χ3n) is 1.82. The van der Waals surface area contributed by atoms with Crippen LogP contribution >= 0.6 is 34.5 Å². The fourth-order valence-corrected chi connectivity index (χ4v) is 2.18. The minimum absolute atomic E-state index is 0.0377. The van der Waals surface area contributed by atoms with Crippen molar-refractivity contribution in [1.82, 2.24) is 10.2 Å². The lowest BCUT2D eigenvalue weighted by Crippen LogP contribution is -1.87. The molecule has 0 bridgehead atoms. The summed E-state index contributed by atoms with van der Waals surface area (Å²) < 4.78 is 26.6. The summed E-state index contributed by atoms with van der Waals surface area (Å²) in [6.45, 7) is 0. The lowest BCUT2D eigenvalue weighted by atomic mass is 10.2. The molecule has 0 spiro atoms. The Morgan fingerprint density at radius 1 is 1.19 bits per heavy atom. The molecule has 2 nitrogen and oxygen atoms in total. The van der Waals surface area contributed by atoms with Gasteiger partial charge in [-0.15, -0.1) is 21.8 Å². The Kier molecular flexibility index (Phi) is 3.37. The van der Waals surface area contributed by atoms with Crippen LogP contribution in [-0.4, -0.2) is 10.2 Å². The highest BCUT2D eigenvalue weighted by atomic mass is 35.5. The maximum atomic E-state index is 13.5. The SMILES string of the molecule is Fc1cc(-c2nnc(CCl)s2)c(F)cc1Cl. The Labute approximate surface area is 104 Å². The predicted octanol–water partition coefficient (Wildman–Crippen LogP) is 3.88. The third kappa shape index (κ3) is 2.16. The van der Waals surface area contributed by atoms with E-state index in [4.69, 9.17) is 23.2 Å². The van der Waals surface area contributed by atoms with Crippen LogP contribution in [0.15, 0.2) is 12.1 Å². The number of rotatable bonds is 2. The number of halogens is 4. The first-order valence-corrected chi connectivity index (χ1v) is 5.88.